The number of hydrogen-bond donors (Lipinski definition) is 2. The molecule has 0 aliphatic carbocycles. The highest BCUT2D eigenvalue weighted by molar-refractivity contribution is 7.91. The Hall–Kier alpha value is -0.930. The maximum Gasteiger partial charge on any atom is 0.327 e. The molecule has 0 saturated carbocycles. The number of aliphatic carboxylic acids is 1. The minimum Gasteiger partial charge on any atom is -0.480 e. The van der Waals surface area contributed by atoms with Gasteiger partial charge in [-0.15, -0.1) is 22.7 Å². The Bertz CT molecular complexity index is 677. The molecule has 9 heteroatoms. The molecule has 0 aliphatic heterocycles. The highest BCUT2D eigenvalue weighted by atomic mass is 35.5. The number of carboxylic acids is 1. The summed E-state index contributed by atoms with van der Waals surface area (Å²) < 4.78 is 26.5. The first kappa shape index (κ1) is 14.5. The maximum atomic E-state index is 12.0. The lowest BCUT2D eigenvalue weighted by molar-refractivity contribution is -0.139. The molecule has 2 rings (SSSR count). The van der Waals surface area contributed by atoms with Crippen LogP contribution in [0, 0.1) is 0 Å². The Morgan fingerprint density at radius 3 is 2.58 bits per heavy atom. The molecule has 0 aliphatic rings. The largest absolute Gasteiger partial charge is 0.480 e. The molecule has 1 atom stereocenters. The van der Waals surface area contributed by atoms with Crippen LogP contribution in [0.25, 0.3) is 0 Å². The number of carbonyl (C=O) groups is 1. The Morgan fingerprint density at radius 1 is 1.37 bits per heavy atom. The minimum absolute atomic E-state index is 0.0136. The lowest BCUT2D eigenvalue weighted by Crippen LogP contribution is -2.32. The Balaban J connectivity index is 2.30. The van der Waals surface area contributed by atoms with Crippen LogP contribution in [0.2, 0.25) is 4.34 Å². The van der Waals surface area contributed by atoms with Crippen LogP contribution in [0.15, 0.2) is 33.9 Å². The number of rotatable bonds is 5. The van der Waals surface area contributed by atoms with E-state index in [0.717, 1.165) is 11.3 Å². The summed E-state index contributed by atoms with van der Waals surface area (Å²) in [6.07, 6.45) is 0. The number of nitrogens with one attached hydrogen (secondary N) is 1. The zero-order valence-electron chi connectivity index (χ0n) is 9.24. The van der Waals surface area contributed by atoms with E-state index in [9.17, 15) is 13.2 Å². The average molecular weight is 338 g/mol. The van der Waals surface area contributed by atoms with Crippen LogP contribution in [0.1, 0.15) is 10.9 Å². The van der Waals surface area contributed by atoms with Crippen molar-refractivity contribution in [1.29, 1.82) is 0 Å². The van der Waals surface area contributed by atoms with Crippen LogP contribution in [-0.4, -0.2) is 19.5 Å². The van der Waals surface area contributed by atoms with Gasteiger partial charge in [0.2, 0.25) is 0 Å². The van der Waals surface area contributed by atoms with Gasteiger partial charge < -0.3 is 5.11 Å². The zero-order valence-corrected chi connectivity index (χ0v) is 12.4. The molecule has 2 aromatic heterocycles. The van der Waals surface area contributed by atoms with Crippen LogP contribution in [0.3, 0.4) is 0 Å². The van der Waals surface area contributed by atoms with E-state index in [1.54, 1.807) is 17.5 Å². The molecule has 0 aromatic carbocycles. The lowest BCUT2D eigenvalue weighted by atomic mass is 10.3. The molecule has 2 aromatic rings. The molecular weight excluding hydrogens is 330 g/mol. The maximum absolute atomic E-state index is 12.0. The van der Waals surface area contributed by atoms with Crippen LogP contribution in [0.4, 0.5) is 0 Å². The van der Waals surface area contributed by atoms with Gasteiger partial charge in [-0.3, -0.25) is 4.79 Å². The van der Waals surface area contributed by atoms with Gasteiger partial charge >= 0.3 is 5.97 Å². The first-order chi connectivity index (χ1) is 8.90. The molecule has 0 fully saturated rings. The van der Waals surface area contributed by atoms with E-state index in [2.05, 4.69) is 4.72 Å². The first-order valence-electron chi connectivity index (χ1n) is 4.94. The Morgan fingerprint density at radius 2 is 2.11 bits per heavy atom. The highest BCUT2D eigenvalue weighted by Crippen LogP contribution is 2.27. The van der Waals surface area contributed by atoms with Crippen molar-refractivity contribution >= 4 is 50.3 Å². The molecule has 0 amide bonds. The highest BCUT2D eigenvalue weighted by Gasteiger charge is 2.28. The monoisotopic (exact) mass is 337 g/mol. The van der Waals surface area contributed by atoms with Crippen molar-refractivity contribution in [3.8, 4) is 0 Å². The summed E-state index contributed by atoms with van der Waals surface area (Å²) in [5.41, 5.74) is 0. The standard InChI is InChI=1S/C10H8ClNO4S3/c11-7-3-4-8(18-7)19(15,16)12-9(10(13)14)6-2-1-5-17-6/h1-5,9,12H,(H,13,14). The molecular formula is C10H8ClNO4S3. The molecule has 102 valence electrons. The van der Waals surface area contributed by atoms with Crippen molar-refractivity contribution in [3.63, 3.8) is 0 Å². The fraction of sp³-hybridized carbons (Fsp3) is 0.100. The summed E-state index contributed by atoms with van der Waals surface area (Å²) >= 11 is 7.72. The summed E-state index contributed by atoms with van der Waals surface area (Å²) in [6.45, 7) is 0. The van der Waals surface area contributed by atoms with E-state index < -0.39 is 22.0 Å². The molecule has 2 N–H and O–H groups in total. The van der Waals surface area contributed by atoms with Gasteiger partial charge in [0, 0.05) is 4.88 Å². The van der Waals surface area contributed by atoms with Gasteiger partial charge in [-0.05, 0) is 23.6 Å². The third-order valence-corrected chi connectivity index (χ3v) is 6.24. The molecule has 2 heterocycles. The van der Waals surface area contributed by atoms with Crippen molar-refractivity contribution in [2.75, 3.05) is 0 Å². The molecule has 1 unspecified atom stereocenters. The SMILES string of the molecule is O=C(O)C(NS(=O)(=O)c1ccc(Cl)s1)c1cccs1. The third kappa shape index (κ3) is 3.34. The van der Waals surface area contributed by atoms with Gasteiger partial charge in [0.25, 0.3) is 10.0 Å². The topological polar surface area (TPSA) is 83.5 Å². The normalized spacial score (nSPS) is 13.3. The van der Waals surface area contributed by atoms with E-state index >= 15 is 0 Å². The summed E-state index contributed by atoms with van der Waals surface area (Å²) in [4.78, 5) is 11.6. The third-order valence-electron chi connectivity index (χ3n) is 2.16. The van der Waals surface area contributed by atoms with Gasteiger partial charge in [-0.1, -0.05) is 17.7 Å². The fourth-order valence-electron chi connectivity index (χ4n) is 1.34. The van der Waals surface area contributed by atoms with Crippen LogP contribution in [-0.2, 0) is 14.8 Å². The molecule has 0 bridgehead atoms. The molecule has 19 heavy (non-hydrogen) atoms. The Labute approximate surface area is 122 Å². The van der Waals surface area contributed by atoms with Crippen molar-refractivity contribution in [2.24, 2.45) is 0 Å². The number of thiophene rings is 2. The number of sulfonamides is 1. The second kappa shape index (κ2) is 5.59. The van der Waals surface area contributed by atoms with Gasteiger partial charge in [-0.2, -0.15) is 4.72 Å². The van der Waals surface area contributed by atoms with Crippen LogP contribution < -0.4 is 4.72 Å². The fourth-order valence-corrected chi connectivity index (χ4v) is 4.85. The summed E-state index contributed by atoms with van der Waals surface area (Å²) in [6, 6.07) is 4.70. The Kier molecular flexibility index (Phi) is 4.26. The van der Waals surface area contributed by atoms with E-state index in [1.165, 1.54) is 23.5 Å². The molecule has 0 radical (unpaired) electrons. The van der Waals surface area contributed by atoms with Crippen molar-refractivity contribution in [1.82, 2.24) is 4.72 Å². The van der Waals surface area contributed by atoms with E-state index in [0.29, 0.717) is 9.21 Å². The average Bonchev–Trinajstić information content (AvgIpc) is 2.96. The van der Waals surface area contributed by atoms with Gasteiger partial charge in [0.15, 0.2) is 6.04 Å². The van der Waals surface area contributed by atoms with Gasteiger partial charge in [0.05, 0.1) is 4.34 Å². The van der Waals surface area contributed by atoms with Crippen molar-refractivity contribution in [3.05, 3.63) is 38.9 Å². The lowest BCUT2D eigenvalue weighted by Gasteiger charge is -2.12. The smallest absolute Gasteiger partial charge is 0.327 e. The second-order valence-corrected chi connectivity index (χ2v) is 8.10. The molecule has 0 saturated heterocycles. The summed E-state index contributed by atoms with van der Waals surface area (Å²) in [5.74, 6) is -1.26. The molecule has 0 spiro atoms. The van der Waals surface area contributed by atoms with Crippen LogP contribution >= 0.6 is 34.3 Å². The van der Waals surface area contributed by atoms with Crippen LogP contribution in [0.5, 0.6) is 0 Å². The predicted octanol–water partition coefficient (Wildman–Crippen LogP) is 2.57. The van der Waals surface area contributed by atoms with Crippen molar-refractivity contribution < 1.29 is 18.3 Å². The van der Waals surface area contributed by atoms with E-state index in [1.807, 2.05) is 0 Å². The number of hydrogen-bond acceptors (Lipinski definition) is 5. The zero-order chi connectivity index (χ0) is 14.0. The van der Waals surface area contributed by atoms with Crippen molar-refractivity contribution in [2.45, 2.75) is 10.3 Å². The second-order valence-electron chi connectivity index (χ2n) is 3.47. The number of halogens is 1. The summed E-state index contributed by atoms with van der Waals surface area (Å²) in [5, 5.41) is 10.8. The van der Waals surface area contributed by atoms with Gasteiger partial charge in [0.1, 0.15) is 4.21 Å². The minimum atomic E-state index is -3.90. The quantitative estimate of drug-likeness (QED) is 0.878. The van der Waals surface area contributed by atoms with E-state index in [-0.39, 0.29) is 4.21 Å². The first-order valence-corrected chi connectivity index (χ1v) is 8.50. The van der Waals surface area contributed by atoms with Gasteiger partial charge in [-0.25, -0.2) is 8.42 Å². The number of carboxylic acid groups (broad SMARTS) is 1. The molecule has 5 nitrogen and oxygen atoms in total. The van der Waals surface area contributed by atoms with E-state index in [4.69, 9.17) is 16.7 Å². The summed E-state index contributed by atoms with van der Waals surface area (Å²) in [7, 11) is -3.90. The predicted molar refractivity (Wildman–Crippen MR) is 74.3 cm³/mol.